The predicted octanol–water partition coefficient (Wildman–Crippen LogP) is 4.49. The largest absolute Gasteiger partial charge is 0.289 e. The predicted molar refractivity (Wildman–Crippen MR) is 90.8 cm³/mol. The van der Waals surface area contributed by atoms with Crippen LogP contribution in [0, 0.1) is 31.5 Å². The average Bonchev–Trinajstić information content (AvgIpc) is 2.49. The second kappa shape index (κ2) is 9.46. The molecule has 0 heterocycles. The van der Waals surface area contributed by atoms with Crippen LogP contribution in [-0.4, -0.2) is 11.1 Å². The first kappa shape index (κ1) is 19.4. The topological polar surface area (TPSA) is 49.3 Å². The van der Waals surface area contributed by atoms with Crippen LogP contribution >= 0.6 is 0 Å². The summed E-state index contributed by atoms with van der Waals surface area (Å²) >= 11 is 0. The zero-order valence-electron chi connectivity index (χ0n) is 14.5. The van der Waals surface area contributed by atoms with E-state index in [0.717, 1.165) is 18.4 Å². The molecule has 0 fully saturated rings. The molecule has 0 aromatic heterocycles. The summed E-state index contributed by atoms with van der Waals surface area (Å²) in [5.41, 5.74) is 3.85. The Bertz CT molecular complexity index is 529. The van der Waals surface area contributed by atoms with E-state index in [-0.39, 0.29) is 17.6 Å². The number of carbonyl (C=O) groups is 1. The van der Waals surface area contributed by atoms with E-state index in [1.807, 2.05) is 0 Å². The summed E-state index contributed by atoms with van der Waals surface area (Å²) in [4.78, 5) is 11.9. The Morgan fingerprint density at radius 3 is 2.43 bits per heavy atom. The lowest BCUT2D eigenvalue weighted by atomic mass is 9.91. The molecule has 1 amide bonds. The molecule has 0 radical (unpaired) electrons. The van der Waals surface area contributed by atoms with Crippen LogP contribution in [0.25, 0.3) is 0 Å². The van der Waals surface area contributed by atoms with Gasteiger partial charge in [-0.3, -0.25) is 10.0 Å². The molecular weight excluding hydrogens is 293 g/mol. The number of hydrogen-bond acceptors (Lipinski definition) is 2. The van der Waals surface area contributed by atoms with Gasteiger partial charge in [-0.05, 0) is 62.1 Å². The molecule has 1 aromatic carbocycles. The highest BCUT2D eigenvalue weighted by Gasteiger charge is 2.19. The van der Waals surface area contributed by atoms with E-state index in [0.29, 0.717) is 29.9 Å². The minimum absolute atomic E-state index is 0.198. The molecule has 0 aliphatic carbocycles. The quantitative estimate of drug-likeness (QED) is 0.321. The van der Waals surface area contributed by atoms with Crippen LogP contribution in [0.1, 0.15) is 49.8 Å². The molecule has 128 valence electrons. The molecule has 0 aliphatic heterocycles. The Morgan fingerprint density at radius 2 is 1.91 bits per heavy atom. The number of benzene rings is 1. The molecule has 0 aliphatic rings. The van der Waals surface area contributed by atoms with Gasteiger partial charge in [-0.2, -0.15) is 0 Å². The van der Waals surface area contributed by atoms with Gasteiger partial charge >= 0.3 is 0 Å². The molecule has 23 heavy (non-hydrogen) atoms. The smallest absolute Gasteiger partial charge is 0.246 e. The van der Waals surface area contributed by atoms with E-state index in [2.05, 4.69) is 26.0 Å². The van der Waals surface area contributed by atoms with Gasteiger partial charge in [0.25, 0.3) is 0 Å². The number of allylic oxidation sites excluding steroid dienone is 2. The third-order valence-corrected chi connectivity index (χ3v) is 3.90. The van der Waals surface area contributed by atoms with E-state index in [1.54, 1.807) is 31.5 Å². The first-order valence-electron chi connectivity index (χ1n) is 8.21. The van der Waals surface area contributed by atoms with Crippen molar-refractivity contribution in [2.45, 2.75) is 53.4 Å². The van der Waals surface area contributed by atoms with Crippen LogP contribution in [0.15, 0.2) is 24.3 Å². The number of carbonyl (C=O) groups excluding carboxylic acids is 1. The number of hydroxylamine groups is 1. The van der Waals surface area contributed by atoms with Crippen LogP contribution in [0.4, 0.5) is 4.39 Å². The van der Waals surface area contributed by atoms with Crippen molar-refractivity contribution in [3.05, 3.63) is 46.8 Å². The standard InChI is InChI=1S/C19H28FNO2/c1-13(2)8-6-5-7-9-17(19(22)21-23)12-16-10-14(3)18(20)15(4)11-16/h6,8,10-11,13,17,23H,5,7,9,12H2,1-4H3,(H,21,22)/b8-6+/t17-/m0/s1. The van der Waals surface area contributed by atoms with E-state index >= 15 is 0 Å². The number of aryl methyl sites for hydroxylation is 2. The SMILES string of the molecule is Cc1cc(C[C@H](CCC/C=C/C(C)C)C(=O)NO)cc(C)c1F. The molecule has 4 heteroatoms. The molecule has 2 N–H and O–H groups in total. The normalized spacial score (nSPS) is 12.8. The summed E-state index contributed by atoms with van der Waals surface area (Å²) in [7, 11) is 0. The molecule has 1 atom stereocenters. The fraction of sp³-hybridized carbons (Fsp3) is 0.526. The minimum Gasteiger partial charge on any atom is -0.289 e. The van der Waals surface area contributed by atoms with Crippen molar-refractivity contribution in [3.8, 4) is 0 Å². The summed E-state index contributed by atoms with van der Waals surface area (Å²) < 4.78 is 13.7. The van der Waals surface area contributed by atoms with E-state index in [1.165, 1.54) is 0 Å². The molecule has 0 bridgehead atoms. The van der Waals surface area contributed by atoms with Crippen molar-refractivity contribution in [3.63, 3.8) is 0 Å². The van der Waals surface area contributed by atoms with E-state index in [4.69, 9.17) is 5.21 Å². The fourth-order valence-electron chi connectivity index (χ4n) is 2.71. The average molecular weight is 321 g/mol. The Hall–Kier alpha value is -1.68. The Labute approximate surface area is 138 Å². The molecule has 1 aromatic rings. The molecule has 0 unspecified atom stereocenters. The number of amides is 1. The number of unbranched alkanes of at least 4 members (excludes halogenated alkanes) is 1. The van der Waals surface area contributed by atoms with Crippen LogP contribution in [0.5, 0.6) is 0 Å². The van der Waals surface area contributed by atoms with Gasteiger partial charge in [0.1, 0.15) is 5.82 Å². The van der Waals surface area contributed by atoms with E-state index in [9.17, 15) is 9.18 Å². The Morgan fingerprint density at radius 1 is 1.30 bits per heavy atom. The van der Waals surface area contributed by atoms with Crippen LogP contribution in [-0.2, 0) is 11.2 Å². The zero-order chi connectivity index (χ0) is 17.4. The second-order valence-corrected chi connectivity index (χ2v) is 6.52. The second-order valence-electron chi connectivity index (χ2n) is 6.52. The first-order valence-corrected chi connectivity index (χ1v) is 8.21. The molecule has 0 spiro atoms. The Kier molecular flexibility index (Phi) is 7.96. The van der Waals surface area contributed by atoms with Crippen LogP contribution < -0.4 is 5.48 Å². The van der Waals surface area contributed by atoms with Crippen LogP contribution in [0.2, 0.25) is 0 Å². The maximum Gasteiger partial charge on any atom is 0.246 e. The lowest BCUT2D eigenvalue weighted by Gasteiger charge is -2.15. The number of hydrogen-bond donors (Lipinski definition) is 2. The van der Waals surface area contributed by atoms with Gasteiger partial charge in [0.15, 0.2) is 0 Å². The molecule has 0 saturated heterocycles. The minimum atomic E-state index is -0.377. The van der Waals surface area contributed by atoms with Gasteiger partial charge in [-0.25, -0.2) is 9.87 Å². The third kappa shape index (κ3) is 6.53. The first-order chi connectivity index (χ1) is 10.8. The van der Waals surface area contributed by atoms with Crippen molar-refractivity contribution >= 4 is 5.91 Å². The van der Waals surface area contributed by atoms with Gasteiger partial charge in [0, 0.05) is 5.92 Å². The van der Waals surface area contributed by atoms with E-state index < -0.39 is 0 Å². The summed E-state index contributed by atoms with van der Waals surface area (Å²) in [6, 6.07) is 3.55. The van der Waals surface area contributed by atoms with Gasteiger partial charge < -0.3 is 0 Å². The maximum absolute atomic E-state index is 13.7. The highest BCUT2D eigenvalue weighted by molar-refractivity contribution is 5.77. The van der Waals surface area contributed by atoms with Crippen molar-refractivity contribution in [1.82, 2.24) is 5.48 Å². The zero-order valence-corrected chi connectivity index (χ0v) is 14.5. The number of halogens is 1. The van der Waals surface area contributed by atoms with Gasteiger partial charge in [0.05, 0.1) is 0 Å². The molecular formula is C19H28FNO2. The monoisotopic (exact) mass is 321 g/mol. The van der Waals surface area contributed by atoms with Crippen molar-refractivity contribution in [2.24, 2.45) is 11.8 Å². The van der Waals surface area contributed by atoms with Crippen molar-refractivity contribution in [2.75, 3.05) is 0 Å². The van der Waals surface area contributed by atoms with Crippen molar-refractivity contribution in [1.29, 1.82) is 0 Å². The lowest BCUT2D eigenvalue weighted by Crippen LogP contribution is -2.29. The van der Waals surface area contributed by atoms with Crippen LogP contribution in [0.3, 0.4) is 0 Å². The summed E-state index contributed by atoms with van der Waals surface area (Å²) in [5, 5.41) is 8.94. The Balaban J connectivity index is 2.70. The molecule has 1 rings (SSSR count). The molecule has 0 saturated carbocycles. The van der Waals surface area contributed by atoms with Crippen molar-refractivity contribution < 1.29 is 14.4 Å². The highest BCUT2D eigenvalue weighted by Crippen LogP contribution is 2.20. The third-order valence-electron chi connectivity index (χ3n) is 3.90. The number of rotatable bonds is 8. The van der Waals surface area contributed by atoms with Gasteiger partial charge in [-0.1, -0.05) is 38.1 Å². The summed E-state index contributed by atoms with van der Waals surface area (Å²) in [5.74, 6) is -0.360. The number of nitrogens with one attached hydrogen (secondary N) is 1. The van der Waals surface area contributed by atoms with Gasteiger partial charge in [-0.15, -0.1) is 0 Å². The van der Waals surface area contributed by atoms with Gasteiger partial charge in [0.2, 0.25) is 5.91 Å². The lowest BCUT2D eigenvalue weighted by molar-refractivity contribution is -0.133. The molecule has 3 nitrogen and oxygen atoms in total. The summed E-state index contributed by atoms with van der Waals surface area (Å²) in [6.45, 7) is 7.70. The fourth-order valence-corrected chi connectivity index (χ4v) is 2.71. The highest BCUT2D eigenvalue weighted by atomic mass is 19.1. The maximum atomic E-state index is 13.7. The summed E-state index contributed by atoms with van der Waals surface area (Å²) in [6.07, 6.45) is 7.25.